The molecule has 30 heavy (non-hydrogen) atoms. The number of hydrogen-bond donors (Lipinski definition) is 1. The molecule has 3 rings (SSSR count). The number of ketones is 1. The van der Waals surface area contributed by atoms with Crippen molar-refractivity contribution in [2.75, 3.05) is 39.8 Å². The van der Waals surface area contributed by atoms with E-state index in [0.29, 0.717) is 24.3 Å². The molecule has 0 unspecified atom stereocenters. The second-order valence-corrected chi connectivity index (χ2v) is 7.77. The highest BCUT2D eigenvalue weighted by Crippen LogP contribution is 2.14. The monoisotopic (exact) mass is 409 g/mol. The fraction of sp³-hybridized carbons (Fsp3) is 0.417. The molecule has 0 aliphatic carbocycles. The number of nitrogens with zero attached hydrogens (tertiary/aromatic N) is 2. The van der Waals surface area contributed by atoms with Crippen LogP contribution in [-0.2, 0) is 17.9 Å². The molecule has 2 aromatic carbocycles. The van der Waals surface area contributed by atoms with Gasteiger partial charge in [-0.25, -0.2) is 0 Å². The molecule has 0 bridgehead atoms. The smallest absolute Gasteiger partial charge is 0.258 e. The van der Waals surface area contributed by atoms with Gasteiger partial charge in [0, 0.05) is 51.3 Å². The van der Waals surface area contributed by atoms with Gasteiger partial charge < -0.3 is 15.0 Å². The van der Waals surface area contributed by atoms with Gasteiger partial charge in [-0.05, 0) is 42.4 Å². The third kappa shape index (κ3) is 6.68. The van der Waals surface area contributed by atoms with Gasteiger partial charge in [-0.15, -0.1) is 0 Å². The normalized spacial score (nSPS) is 15.0. The average Bonchev–Trinajstić information content (AvgIpc) is 2.78. The molecule has 1 N–H and O–H groups in total. The number of carbonyl (C=O) groups excluding carboxylic acids is 2. The van der Waals surface area contributed by atoms with E-state index in [1.807, 2.05) is 19.1 Å². The van der Waals surface area contributed by atoms with E-state index in [4.69, 9.17) is 4.74 Å². The summed E-state index contributed by atoms with van der Waals surface area (Å²) in [5.41, 5.74) is 3.01. The average molecular weight is 410 g/mol. The Kier molecular flexibility index (Phi) is 7.99. The van der Waals surface area contributed by atoms with Crippen molar-refractivity contribution in [1.82, 2.24) is 15.1 Å². The van der Waals surface area contributed by atoms with Gasteiger partial charge in [0.05, 0.1) is 0 Å². The van der Waals surface area contributed by atoms with Crippen molar-refractivity contribution < 1.29 is 14.3 Å². The number of Topliss-reactive ketones (excluding diaryl/α,β-unsaturated/α-hetero) is 1. The fourth-order valence-corrected chi connectivity index (χ4v) is 3.44. The third-order valence-electron chi connectivity index (χ3n) is 5.35. The fourth-order valence-electron chi connectivity index (χ4n) is 3.44. The van der Waals surface area contributed by atoms with Crippen LogP contribution in [0.25, 0.3) is 0 Å². The number of benzene rings is 2. The number of amides is 1. The zero-order valence-electron chi connectivity index (χ0n) is 17.9. The first-order valence-corrected chi connectivity index (χ1v) is 10.5. The highest BCUT2D eigenvalue weighted by Gasteiger charge is 2.14. The number of ether oxygens (including phenoxy) is 1. The molecule has 2 aromatic rings. The highest BCUT2D eigenvalue weighted by molar-refractivity contribution is 5.95. The summed E-state index contributed by atoms with van der Waals surface area (Å²) in [7, 11) is 2.16. The molecule has 1 fully saturated rings. The largest absolute Gasteiger partial charge is 0.484 e. The van der Waals surface area contributed by atoms with Crippen LogP contribution in [0.2, 0.25) is 0 Å². The molecule has 0 spiro atoms. The number of likely N-dealkylation sites (N-methyl/N-ethyl adjacent to an activating group) is 1. The van der Waals surface area contributed by atoms with E-state index in [9.17, 15) is 9.59 Å². The maximum absolute atomic E-state index is 12.1. The minimum Gasteiger partial charge on any atom is -0.484 e. The van der Waals surface area contributed by atoms with Crippen molar-refractivity contribution in [3.63, 3.8) is 0 Å². The Morgan fingerprint density at radius 2 is 1.70 bits per heavy atom. The molecule has 0 atom stereocenters. The summed E-state index contributed by atoms with van der Waals surface area (Å²) in [4.78, 5) is 28.6. The molecule has 0 radical (unpaired) electrons. The highest BCUT2D eigenvalue weighted by atomic mass is 16.5. The van der Waals surface area contributed by atoms with Crippen LogP contribution in [0.5, 0.6) is 5.75 Å². The first kappa shape index (κ1) is 22.0. The first-order chi connectivity index (χ1) is 14.5. The van der Waals surface area contributed by atoms with Crippen LogP contribution < -0.4 is 10.1 Å². The summed E-state index contributed by atoms with van der Waals surface area (Å²) in [6.45, 7) is 7.57. The summed E-state index contributed by atoms with van der Waals surface area (Å²) < 4.78 is 5.52. The second kappa shape index (κ2) is 10.9. The van der Waals surface area contributed by atoms with E-state index < -0.39 is 0 Å². The predicted octanol–water partition coefficient (Wildman–Crippen LogP) is 2.72. The maximum atomic E-state index is 12.1. The Morgan fingerprint density at radius 3 is 2.40 bits per heavy atom. The lowest BCUT2D eigenvalue weighted by molar-refractivity contribution is -0.123. The summed E-state index contributed by atoms with van der Waals surface area (Å²) in [5.74, 6) is 0.495. The Labute approximate surface area is 178 Å². The molecule has 6 nitrogen and oxygen atoms in total. The van der Waals surface area contributed by atoms with Crippen LogP contribution in [0.15, 0.2) is 48.5 Å². The quantitative estimate of drug-likeness (QED) is 0.646. The van der Waals surface area contributed by atoms with E-state index in [2.05, 4.69) is 34.3 Å². The van der Waals surface area contributed by atoms with E-state index >= 15 is 0 Å². The molecule has 6 heteroatoms. The summed E-state index contributed by atoms with van der Waals surface area (Å²) in [6, 6.07) is 15.3. The first-order valence-electron chi connectivity index (χ1n) is 10.5. The third-order valence-corrected chi connectivity index (χ3v) is 5.35. The van der Waals surface area contributed by atoms with Crippen LogP contribution >= 0.6 is 0 Å². The van der Waals surface area contributed by atoms with Gasteiger partial charge in [0.1, 0.15) is 5.75 Å². The standard InChI is InChI=1S/C24H31N3O3/c1-3-23(28)21-7-9-22(10-8-21)30-18-24(29)25-16-19-5-4-6-20(15-19)17-27-13-11-26(2)12-14-27/h4-10,15H,3,11-14,16-18H2,1-2H3,(H,25,29). The molecule has 1 aliphatic rings. The summed E-state index contributed by atoms with van der Waals surface area (Å²) >= 11 is 0. The van der Waals surface area contributed by atoms with Gasteiger partial charge >= 0.3 is 0 Å². The number of hydrogen-bond acceptors (Lipinski definition) is 5. The zero-order valence-corrected chi connectivity index (χ0v) is 17.9. The van der Waals surface area contributed by atoms with Gasteiger partial charge in [-0.1, -0.05) is 31.2 Å². The topological polar surface area (TPSA) is 61.9 Å². The molecule has 1 saturated heterocycles. The minimum atomic E-state index is -0.173. The molecule has 0 aromatic heterocycles. The molecule has 1 heterocycles. The lowest BCUT2D eigenvalue weighted by Gasteiger charge is -2.32. The van der Waals surface area contributed by atoms with Crippen molar-refractivity contribution in [1.29, 1.82) is 0 Å². The van der Waals surface area contributed by atoms with E-state index in [0.717, 1.165) is 38.3 Å². The number of carbonyl (C=O) groups is 2. The Balaban J connectivity index is 1.42. The lowest BCUT2D eigenvalue weighted by atomic mass is 10.1. The molecular formula is C24H31N3O3. The summed E-state index contributed by atoms with van der Waals surface area (Å²) in [5, 5.41) is 2.91. The Morgan fingerprint density at radius 1 is 1.00 bits per heavy atom. The molecule has 1 amide bonds. The summed E-state index contributed by atoms with van der Waals surface area (Å²) in [6.07, 6.45) is 0.471. The van der Waals surface area contributed by atoms with Crippen molar-refractivity contribution in [2.24, 2.45) is 0 Å². The van der Waals surface area contributed by atoms with Crippen LogP contribution in [0.1, 0.15) is 34.8 Å². The van der Waals surface area contributed by atoms with Gasteiger partial charge in [0.25, 0.3) is 5.91 Å². The van der Waals surface area contributed by atoms with Crippen LogP contribution in [0.3, 0.4) is 0 Å². The van der Waals surface area contributed by atoms with Gasteiger partial charge in [0.2, 0.25) is 0 Å². The van der Waals surface area contributed by atoms with E-state index in [1.165, 1.54) is 5.56 Å². The van der Waals surface area contributed by atoms with Crippen molar-refractivity contribution in [3.8, 4) is 5.75 Å². The van der Waals surface area contributed by atoms with Crippen LogP contribution in [0.4, 0.5) is 0 Å². The lowest BCUT2D eigenvalue weighted by Crippen LogP contribution is -2.43. The predicted molar refractivity (Wildman–Crippen MR) is 118 cm³/mol. The van der Waals surface area contributed by atoms with Crippen LogP contribution in [0, 0.1) is 0 Å². The van der Waals surface area contributed by atoms with E-state index in [-0.39, 0.29) is 18.3 Å². The SMILES string of the molecule is CCC(=O)c1ccc(OCC(=O)NCc2cccc(CN3CCN(C)CC3)c2)cc1. The molecular weight excluding hydrogens is 378 g/mol. The number of piperazine rings is 1. The van der Waals surface area contributed by atoms with Crippen molar-refractivity contribution in [3.05, 3.63) is 65.2 Å². The number of nitrogens with one attached hydrogen (secondary N) is 1. The van der Waals surface area contributed by atoms with Gasteiger partial charge in [-0.2, -0.15) is 0 Å². The Bertz CT molecular complexity index is 843. The zero-order chi connectivity index (χ0) is 21.3. The van der Waals surface area contributed by atoms with Gasteiger partial charge in [-0.3, -0.25) is 14.5 Å². The minimum absolute atomic E-state index is 0.0535. The molecule has 0 saturated carbocycles. The van der Waals surface area contributed by atoms with Crippen LogP contribution in [-0.4, -0.2) is 61.3 Å². The van der Waals surface area contributed by atoms with Crippen molar-refractivity contribution in [2.45, 2.75) is 26.4 Å². The van der Waals surface area contributed by atoms with E-state index in [1.54, 1.807) is 24.3 Å². The second-order valence-electron chi connectivity index (χ2n) is 7.77. The number of rotatable bonds is 9. The molecule has 1 aliphatic heterocycles. The van der Waals surface area contributed by atoms with Crippen molar-refractivity contribution >= 4 is 11.7 Å². The van der Waals surface area contributed by atoms with Gasteiger partial charge in [0.15, 0.2) is 12.4 Å². The maximum Gasteiger partial charge on any atom is 0.258 e. The molecule has 160 valence electrons. The Hall–Kier alpha value is -2.70.